The number of ether oxygens (including phenoxy) is 1. The van der Waals surface area contributed by atoms with E-state index in [1.807, 2.05) is 48.5 Å². The molecule has 1 aromatic heterocycles. The van der Waals surface area contributed by atoms with Crippen molar-refractivity contribution in [3.8, 4) is 17.0 Å². The van der Waals surface area contributed by atoms with Crippen molar-refractivity contribution < 1.29 is 9.53 Å². The molecule has 1 saturated carbocycles. The smallest absolute Gasteiger partial charge is 0.226 e. The van der Waals surface area contributed by atoms with Crippen molar-refractivity contribution in [1.29, 1.82) is 0 Å². The number of amides is 1. The third-order valence-electron chi connectivity index (χ3n) is 8.69. The summed E-state index contributed by atoms with van der Waals surface area (Å²) in [6, 6.07) is 28.8. The zero-order chi connectivity index (χ0) is 27.4. The van der Waals surface area contributed by atoms with Crippen LogP contribution >= 0.6 is 0 Å². The molecule has 1 aliphatic heterocycles. The summed E-state index contributed by atoms with van der Waals surface area (Å²) >= 11 is 0. The van der Waals surface area contributed by atoms with Gasteiger partial charge in [0.15, 0.2) is 0 Å². The molecule has 1 saturated heterocycles. The van der Waals surface area contributed by atoms with Crippen LogP contribution in [0, 0.1) is 17.3 Å². The maximum absolute atomic E-state index is 13.3. The lowest BCUT2D eigenvalue weighted by Gasteiger charge is -2.24. The molecule has 1 aliphatic carbocycles. The Balaban J connectivity index is 1.12. The molecule has 0 unspecified atom stereocenters. The number of carbonyl (C=O) groups excluding carboxylic acids is 1. The molecule has 0 radical (unpaired) electrons. The van der Waals surface area contributed by atoms with Gasteiger partial charge in [-0.2, -0.15) is 0 Å². The van der Waals surface area contributed by atoms with Crippen molar-refractivity contribution >= 4 is 16.8 Å². The lowest BCUT2D eigenvalue weighted by atomic mass is 9.92. The molecule has 4 N–H and O–H groups in total. The summed E-state index contributed by atoms with van der Waals surface area (Å²) in [5, 5.41) is 7.75. The quantitative estimate of drug-likeness (QED) is 0.263. The number of para-hydroxylation sites is 1. The monoisotopic (exact) mass is 534 g/mol. The summed E-state index contributed by atoms with van der Waals surface area (Å²) in [6.45, 7) is 3.84. The molecule has 40 heavy (non-hydrogen) atoms. The highest BCUT2D eigenvalue weighted by Gasteiger charge is 2.58. The SMILES string of the molecule is NC[C@H]1C[C@]1(Cc1ccc(OCc2cc(-c3ccccc3)nc3ccccc23)cc1)C(=O)NCC1CCNCC1. The van der Waals surface area contributed by atoms with Gasteiger partial charge in [0.25, 0.3) is 0 Å². The number of benzene rings is 3. The van der Waals surface area contributed by atoms with Gasteiger partial charge in [0.05, 0.1) is 16.6 Å². The summed E-state index contributed by atoms with van der Waals surface area (Å²) in [5.41, 5.74) is 10.9. The van der Waals surface area contributed by atoms with Crippen molar-refractivity contribution in [3.05, 3.63) is 96.1 Å². The Morgan fingerprint density at radius 2 is 1.75 bits per heavy atom. The highest BCUT2D eigenvalue weighted by molar-refractivity contribution is 5.86. The number of fused-ring (bicyclic) bond motifs is 1. The maximum Gasteiger partial charge on any atom is 0.226 e. The van der Waals surface area contributed by atoms with E-state index in [1.54, 1.807) is 0 Å². The van der Waals surface area contributed by atoms with Crippen molar-refractivity contribution in [2.75, 3.05) is 26.2 Å². The van der Waals surface area contributed by atoms with Gasteiger partial charge in [-0.15, -0.1) is 0 Å². The van der Waals surface area contributed by atoms with Crippen LogP contribution in [0.15, 0.2) is 84.9 Å². The van der Waals surface area contributed by atoms with E-state index in [0.29, 0.717) is 25.5 Å². The first-order chi connectivity index (χ1) is 19.6. The Morgan fingerprint density at radius 1 is 1.00 bits per heavy atom. The molecule has 0 spiro atoms. The van der Waals surface area contributed by atoms with Gasteiger partial charge in [0.1, 0.15) is 12.4 Å². The number of piperidine rings is 1. The minimum Gasteiger partial charge on any atom is -0.489 e. The molecule has 206 valence electrons. The van der Waals surface area contributed by atoms with Crippen LogP contribution in [0.2, 0.25) is 0 Å². The van der Waals surface area contributed by atoms with E-state index in [0.717, 1.165) is 77.9 Å². The highest BCUT2D eigenvalue weighted by atomic mass is 16.5. The molecular formula is C34H38N4O2. The summed E-state index contributed by atoms with van der Waals surface area (Å²) in [6.07, 6.45) is 3.82. The number of nitrogens with two attached hydrogens (primary N) is 1. The minimum atomic E-state index is -0.381. The van der Waals surface area contributed by atoms with Gasteiger partial charge in [-0.25, -0.2) is 4.98 Å². The minimum absolute atomic E-state index is 0.167. The average molecular weight is 535 g/mol. The fourth-order valence-electron chi connectivity index (χ4n) is 6.12. The van der Waals surface area contributed by atoms with Crippen LogP contribution < -0.4 is 21.1 Å². The Morgan fingerprint density at radius 3 is 2.50 bits per heavy atom. The Hall–Kier alpha value is -3.74. The fourth-order valence-corrected chi connectivity index (χ4v) is 6.12. The van der Waals surface area contributed by atoms with Gasteiger partial charge in [-0.1, -0.05) is 60.7 Å². The van der Waals surface area contributed by atoms with Gasteiger partial charge in [-0.05, 0) is 87.0 Å². The maximum atomic E-state index is 13.3. The van der Waals surface area contributed by atoms with Crippen LogP contribution in [-0.4, -0.2) is 37.1 Å². The second kappa shape index (κ2) is 11.8. The molecule has 6 rings (SSSR count). The number of carbonyl (C=O) groups is 1. The second-order valence-electron chi connectivity index (χ2n) is 11.4. The van der Waals surface area contributed by atoms with Crippen molar-refractivity contribution in [1.82, 2.24) is 15.6 Å². The molecule has 6 heteroatoms. The molecule has 2 atom stereocenters. The van der Waals surface area contributed by atoms with E-state index in [1.165, 1.54) is 0 Å². The van der Waals surface area contributed by atoms with E-state index >= 15 is 0 Å². The average Bonchev–Trinajstić information content (AvgIpc) is 3.74. The summed E-state index contributed by atoms with van der Waals surface area (Å²) in [5.74, 6) is 1.78. The molecule has 2 fully saturated rings. The van der Waals surface area contributed by atoms with E-state index in [9.17, 15) is 4.79 Å². The molecule has 1 amide bonds. The third kappa shape index (κ3) is 5.74. The fraction of sp³-hybridized carbons (Fsp3) is 0.353. The van der Waals surface area contributed by atoms with Crippen LogP contribution in [0.5, 0.6) is 5.75 Å². The summed E-state index contributed by atoms with van der Waals surface area (Å²) in [4.78, 5) is 18.2. The molecule has 4 aromatic rings. The predicted molar refractivity (Wildman–Crippen MR) is 160 cm³/mol. The number of hydrogen-bond acceptors (Lipinski definition) is 5. The van der Waals surface area contributed by atoms with Crippen LogP contribution in [0.4, 0.5) is 0 Å². The number of aromatic nitrogens is 1. The third-order valence-corrected chi connectivity index (χ3v) is 8.69. The number of nitrogens with one attached hydrogen (secondary N) is 2. The van der Waals surface area contributed by atoms with Gasteiger partial charge in [0.2, 0.25) is 5.91 Å². The molecule has 3 aromatic carbocycles. The number of hydrogen-bond donors (Lipinski definition) is 3. The molecular weight excluding hydrogens is 496 g/mol. The Labute approximate surface area is 236 Å². The van der Waals surface area contributed by atoms with Crippen molar-refractivity contribution in [2.24, 2.45) is 23.0 Å². The summed E-state index contributed by atoms with van der Waals surface area (Å²) in [7, 11) is 0. The lowest BCUT2D eigenvalue weighted by Crippen LogP contribution is -2.40. The van der Waals surface area contributed by atoms with Crippen LogP contribution in [0.3, 0.4) is 0 Å². The Kier molecular flexibility index (Phi) is 7.80. The normalized spacial score (nSPS) is 20.8. The molecule has 2 aliphatic rings. The van der Waals surface area contributed by atoms with E-state index < -0.39 is 0 Å². The second-order valence-corrected chi connectivity index (χ2v) is 11.4. The Bertz CT molecular complexity index is 1450. The van der Waals surface area contributed by atoms with Crippen molar-refractivity contribution in [2.45, 2.75) is 32.3 Å². The first-order valence-corrected chi connectivity index (χ1v) is 14.5. The lowest BCUT2D eigenvalue weighted by molar-refractivity contribution is -0.127. The first-order valence-electron chi connectivity index (χ1n) is 14.5. The first kappa shape index (κ1) is 26.5. The zero-order valence-electron chi connectivity index (χ0n) is 22.9. The predicted octanol–water partition coefficient (Wildman–Crippen LogP) is 5.10. The molecule has 2 heterocycles. The summed E-state index contributed by atoms with van der Waals surface area (Å²) < 4.78 is 6.26. The highest BCUT2D eigenvalue weighted by Crippen LogP contribution is 2.54. The van der Waals surface area contributed by atoms with Crippen LogP contribution in [0.25, 0.3) is 22.2 Å². The number of rotatable bonds is 10. The van der Waals surface area contributed by atoms with E-state index in [-0.39, 0.29) is 17.2 Å². The number of pyridine rings is 1. The van der Waals surface area contributed by atoms with Crippen LogP contribution in [-0.2, 0) is 17.8 Å². The van der Waals surface area contributed by atoms with E-state index in [2.05, 4.69) is 47.0 Å². The van der Waals surface area contributed by atoms with Gasteiger partial charge < -0.3 is 21.1 Å². The van der Waals surface area contributed by atoms with Gasteiger partial charge >= 0.3 is 0 Å². The van der Waals surface area contributed by atoms with Gasteiger partial charge in [-0.3, -0.25) is 4.79 Å². The standard InChI is InChI=1S/C34H38N4O2/c35-21-28-20-34(28,33(39)37-22-25-14-16-36-17-15-25)19-24-10-12-29(13-11-24)40-23-27-18-32(26-6-2-1-3-7-26)38-31-9-5-4-8-30(27)31/h1-13,18,25,28,36H,14-17,19-23,35H2,(H,37,39)/t28-,34+/m1/s1. The zero-order valence-corrected chi connectivity index (χ0v) is 22.9. The largest absolute Gasteiger partial charge is 0.489 e. The molecule has 6 nitrogen and oxygen atoms in total. The van der Waals surface area contributed by atoms with Crippen molar-refractivity contribution in [3.63, 3.8) is 0 Å². The number of nitrogens with zero attached hydrogens (tertiary/aromatic N) is 1. The molecule has 0 bridgehead atoms. The van der Waals surface area contributed by atoms with Crippen LogP contribution in [0.1, 0.15) is 30.4 Å². The topological polar surface area (TPSA) is 89.3 Å². The van der Waals surface area contributed by atoms with Gasteiger partial charge in [0, 0.05) is 23.1 Å². The van der Waals surface area contributed by atoms with E-state index in [4.69, 9.17) is 15.5 Å².